The first-order chi connectivity index (χ1) is 11.4. The van der Waals surface area contributed by atoms with Gasteiger partial charge in [0, 0.05) is 0 Å². The number of aliphatic hydroxyl groups excluding tert-OH is 2. The summed E-state index contributed by atoms with van der Waals surface area (Å²) in [4.78, 5) is 23.8. The standard InChI is InChI=1S/C15H17ClNO6P/c16-8-4-1-2-6-10(8)24-7-3-5-9(15(24)22)23-13(17-24)11(18)12(19)14(20)21/h1-2,4,6,9,11-12,18-19,24H,3,5,7H2,(H,20,21). The summed E-state index contributed by atoms with van der Waals surface area (Å²) in [7, 11) is -3.14. The second kappa shape index (κ2) is 6.41. The van der Waals surface area contributed by atoms with Gasteiger partial charge in [-0.3, -0.25) is 0 Å². The van der Waals surface area contributed by atoms with Crippen molar-refractivity contribution in [3.8, 4) is 0 Å². The van der Waals surface area contributed by atoms with Crippen LogP contribution in [0.25, 0.3) is 0 Å². The number of ether oxygens (including phenoxy) is 1. The average Bonchev–Trinajstić information content (AvgIpc) is 2.54. The summed E-state index contributed by atoms with van der Waals surface area (Å²) in [5.74, 6) is -1.88. The van der Waals surface area contributed by atoms with Crippen LogP contribution in [0.15, 0.2) is 29.0 Å². The van der Waals surface area contributed by atoms with Gasteiger partial charge >= 0.3 is 143 Å². The van der Waals surface area contributed by atoms with Crippen molar-refractivity contribution in [2.75, 3.05) is 6.16 Å². The van der Waals surface area contributed by atoms with Crippen LogP contribution in [0, 0.1) is 0 Å². The van der Waals surface area contributed by atoms with Crippen LogP contribution in [0.5, 0.6) is 0 Å². The van der Waals surface area contributed by atoms with Gasteiger partial charge in [-0.15, -0.1) is 0 Å². The number of aliphatic carboxylic acids is 1. The molecule has 2 aliphatic heterocycles. The van der Waals surface area contributed by atoms with E-state index in [1.165, 1.54) is 0 Å². The van der Waals surface area contributed by atoms with Gasteiger partial charge in [-0.2, -0.15) is 0 Å². The number of carboxylic acids is 1. The van der Waals surface area contributed by atoms with Crippen LogP contribution in [-0.4, -0.2) is 57.2 Å². The van der Waals surface area contributed by atoms with E-state index in [0.717, 1.165) is 6.42 Å². The first kappa shape index (κ1) is 17.3. The van der Waals surface area contributed by atoms with E-state index in [9.17, 15) is 19.8 Å². The first-order valence-electron chi connectivity index (χ1n) is 7.51. The number of nitrogens with zero attached hydrogens (tertiary/aromatic N) is 1. The molecular weight excluding hydrogens is 357 g/mol. The van der Waals surface area contributed by atoms with Crippen LogP contribution in [0.4, 0.5) is 0 Å². The van der Waals surface area contributed by atoms with E-state index in [1.807, 2.05) is 0 Å². The Balaban J connectivity index is 2.11. The summed E-state index contributed by atoms with van der Waals surface area (Å²) < 4.78 is 9.78. The summed E-state index contributed by atoms with van der Waals surface area (Å²) in [6.45, 7) is 0. The number of carbonyl (C=O) groups is 2. The molecule has 2 aliphatic rings. The van der Waals surface area contributed by atoms with Crippen molar-refractivity contribution in [3.05, 3.63) is 29.3 Å². The van der Waals surface area contributed by atoms with Crippen molar-refractivity contribution in [1.29, 1.82) is 0 Å². The summed E-state index contributed by atoms with van der Waals surface area (Å²) in [6.07, 6.45) is -2.99. The fourth-order valence-corrected chi connectivity index (χ4v) is 7.77. The Morgan fingerprint density at radius 3 is 2.75 bits per heavy atom. The number of aliphatic hydroxyl groups is 2. The molecule has 1 fully saturated rings. The molecule has 3 atom stereocenters. The zero-order chi connectivity index (χ0) is 17.5. The second-order valence-electron chi connectivity index (χ2n) is 5.88. The van der Waals surface area contributed by atoms with Gasteiger partial charge in [0.25, 0.3) is 0 Å². The number of carboxylic acid groups (broad SMARTS) is 1. The Kier molecular flexibility index (Phi) is 4.62. The van der Waals surface area contributed by atoms with Crippen LogP contribution >= 0.6 is 19.0 Å². The maximum absolute atomic E-state index is 12.9. The Morgan fingerprint density at radius 2 is 2.08 bits per heavy atom. The predicted octanol–water partition coefficient (Wildman–Crippen LogP) is 0.554. The van der Waals surface area contributed by atoms with Gasteiger partial charge in [-0.25, -0.2) is 0 Å². The zero-order valence-corrected chi connectivity index (χ0v) is 14.3. The molecule has 1 aromatic rings. The van der Waals surface area contributed by atoms with Crippen LogP contribution in [-0.2, 0) is 14.3 Å². The van der Waals surface area contributed by atoms with E-state index in [1.54, 1.807) is 24.3 Å². The Labute approximate surface area is 143 Å². The molecule has 3 rings (SSSR count). The number of benzene rings is 1. The quantitative estimate of drug-likeness (QED) is 0.664. The molecule has 3 unspecified atom stereocenters. The normalized spacial score (nSPS) is 25.9. The van der Waals surface area contributed by atoms with E-state index in [4.69, 9.17) is 21.4 Å². The third kappa shape index (κ3) is 2.71. The van der Waals surface area contributed by atoms with Crippen LogP contribution < -0.4 is 5.30 Å². The zero-order valence-electron chi connectivity index (χ0n) is 12.6. The van der Waals surface area contributed by atoms with E-state index in [-0.39, 0.29) is 11.4 Å². The summed E-state index contributed by atoms with van der Waals surface area (Å²) in [6, 6.07) is 6.91. The molecule has 3 N–H and O–H groups in total. The molecule has 2 heterocycles. The second-order valence-corrected chi connectivity index (χ2v) is 9.76. The van der Waals surface area contributed by atoms with Gasteiger partial charge in [-0.05, 0) is 0 Å². The van der Waals surface area contributed by atoms with Crippen molar-refractivity contribution in [3.63, 3.8) is 0 Å². The molecule has 24 heavy (non-hydrogen) atoms. The third-order valence-electron chi connectivity index (χ3n) is 4.39. The van der Waals surface area contributed by atoms with E-state index in [0.29, 0.717) is 22.9 Å². The summed E-state index contributed by atoms with van der Waals surface area (Å²) in [5.41, 5.74) is -0.136. The molecule has 7 nitrogen and oxygen atoms in total. The van der Waals surface area contributed by atoms with Crippen molar-refractivity contribution in [2.24, 2.45) is 4.76 Å². The van der Waals surface area contributed by atoms with Crippen LogP contribution in [0.1, 0.15) is 12.8 Å². The Hall–Kier alpha value is -1.53. The molecule has 2 bridgehead atoms. The first-order valence-corrected chi connectivity index (χ1v) is 10.0. The summed E-state index contributed by atoms with van der Waals surface area (Å²) >= 11 is 6.27. The average molecular weight is 374 g/mol. The fourth-order valence-electron chi connectivity index (χ4n) is 3.18. The molecule has 0 aliphatic carbocycles. The molecule has 9 heteroatoms. The summed E-state index contributed by atoms with van der Waals surface area (Å²) in [5, 5.41) is 29.6. The number of rotatable bonds is 4. The van der Waals surface area contributed by atoms with Crippen molar-refractivity contribution in [2.45, 2.75) is 31.2 Å². The fraction of sp³-hybridized carbons (Fsp3) is 0.400. The van der Waals surface area contributed by atoms with Crippen molar-refractivity contribution < 1.29 is 29.6 Å². The van der Waals surface area contributed by atoms with Crippen LogP contribution in [0.2, 0.25) is 5.02 Å². The van der Waals surface area contributed by atoms with Gasteiger partial charge in [-0.1, -0.05) is 0 Å². The van der Waals surface area contributed by atoms with Gasteiger partial charge in [0.15, 0.2) is 0 Å². The third-order valence-corrected chi connectivity index (χ3v) is 9.03. The number of halogens is 1. The number of hydrogen-bond acceptors (Lipinski definition) is 6. The molecule has 0 aromatic heterocycles. The van der Waals surface area contributed by atoms with Gasteiger partial charge in [0.1, 0.15) is 0 Å². The molecule has 1 saturated heterocycles. The number of carbonyl (C=O) groups excluding carboxylic acids is 1. The minimum atomic E-state index is -3.14. The van der Waals surface area contributed by atoms with Crippen molar-refractivity contribution in [1.82, 2.24) is 0 Å². The van der Waals surface area contributed by atoms with Crippen LogP contribution in [0.3, 0.4) is 0 Å². The van der Waals surface area contributed by atoms with Crippen molar-refractivity contribution >= 4 is 41.7 Å². The van der Waals surface area contributed by atoms with E-state index in [2.05, 4.69) is 4.76 Å². The minimum absolute atomic E-state index is 0.136. The van der Waals surface area contributed by atoms with E-state index >= 15 is 0 Å². The molecule has 1 aromatic carbocycles. The molecule has 0 radical (unpaired) electrons. The monoisotopic (exact) mass is 373 g/mol. The number of hydrogen-bond donors (Lipinski definition) is 3. The molecule has 0 amide bonds. The van der Waals surface area contributed by atoms with Gasteiger partial charge in [0.05, 0.1) is 0 Å². The topological polar surface area (TPSA) is 116 Å². The van der Waals surface area contributed by atoms with E-state index < -0.39 is 31.7 Å². The van der Waals surface area contributed by atoms with Gasteiger partial charge in [0.2, 0.25) is 0 Å². The SMILES string of the molecule is O=C(O)C(O)C(O)C1=N[PH]2(c3ccccc3Cl)CCCC(O1)C2=O. The Bertz CT molecular complexity index is 726. The maximum atomic E-state index is 12.9. The Morgan fingerprint density at radius 1 is 1.38 bits per heavy atom. The number of fused-ring (bicyclic) bond motifs is 2. The molecule has 0 spiro atoms. The van der Waals surface area contributed by atoms with Gasteiger partial charge < -0.3 is 0 Å². The predicted molar refractivity (Wildman–Crippen MR) is 90.5 cm³/mol. The molecular formula is C15H17ClNO6P. The molecule has 0 saturated carbocycles. The molecule has 130 valence electrons.